The van der Waals surface area contributed by atoms with Crippen LogP contribution in [-0.2, 0) is 11.3 Å². The topological polar surface area (TPSA) is 65.7 Å². The number of hydrogen-bond acceptors (Lipinski definition) is 6. The highest BCUT2D eigenvalue weighted by atomic mass is 19.1. The van der Waals surface area contributed by atoms with Crippen molar-refractivity contribution in [2.75, 3.05) is 39.3 Å². The Morgan fingerprint density at radius 3 is 2.17 bits per heavy atom. The van der Waals surface area contributed by atoms with Gasteiger partial charge in [-0.05, 0) is 54.8 Å². The van der Waals surface area contributed by atoms with Gasteiger partial charge in [-0.2, -0.15) is 4.98 Å². The molecule has 1 atom stereocenters. The van der Waals surface area contributed by atoms with Crippen LogP contribution < -0.4 is 0 Å². The maximum atomic E-state index is 13.6. The lowest BCUT2D eigenvalue weighted by atomic mass is 9.95. The Morgan fingerprint density at radius 2 is 1.52 bits per heavy atom. The highest BCUT2D eigenvalue weighted by molar-refractivity contribution is 5.79. The fourth-order valence-corrected chi connectivity index (χ4v) is 5.97. The van der Waals surface area contributed by atoms with Gasteiger partial charge in [0, 0.05) is 38.3 Å². The molecule has 0 aliphatic carbocycles. The number of amides is 1. The second kappa shape index (κ2) is 12.1. The minimum atomic E-state index is -0.301. The Kier molecular flexibility index (Phi) is 7.97. The van der Waals surface area contributed by atoms with E-state index in [2.05, 4.69) is 85.5 Å². The van der Waals surface area contributed by atoms with E-state index in [-0.39, 0.29) is 23.7 Å². The molecule has 6 rings (SSSR count). The lowest BCUT2D eigenvalue weighted by molar-refractivity contribution is -0.139. The largest absolute Gasteiger partial charge is 0.340 e. The molecule has 40 heavy (non-hydrogen) atoms. The molecule has 2 saturated heterocycles. The number of nitrogens with zero attached hydrogens (tertiary/aromatic N) is 5. The highest BCUT2D eigenvalue weighted by Gasteiger charge is 2.33. The number of aromatic nitrogens is 2. The zero-order valence-electron chi connectivity index (χ0n) is 22.5. The maximum absolute atomic E-state index is 13.6. The van der Waals surface area contributed by atoms with Gasteiger partial charge in [-0.1, -0.05) is 65.8 Å². The fourth-order valence-electron chi connectivity index (χ4n) is 5.97. The van der Waals surface area contributed by atoms with Gasteiger partial charge in [0.25, 0.3) is 0 Å². The van der Waals surface area contributed by atoms with Crippen LogP contribution in [0.2, 0.25) is 0 Å². The molecule has 0 radical (unpaired) electrons. The van der Waals surface area contributed by atoms with E-state index in [0.717, 1.165) is 45.6 Å². The van der Waals surface area contributed by atoms with Crippen LogP contribution in [0.1, 0.15) is 35.9 Å². The van der Waals surface area contributed by atoms with Crippen molar-refractivity contribution in [1.82, 2.24) is 24.8 Å². The van der Waals surface area contributed by atoms with E-state index in [9.17, 15) is 9.18 Å². The summed E-state index contributed by atoms with van der Waals surface area (Å²) < 4.78 is 18.7. The summed E-state index contributed by atoms with van der Waals surface area (Å²) in [6.45, 7) is 5.22. The van der Waals surface area contributed by atoms with E-state index in [0.29, 0.717) is 30.4 Å². The Hall–Kier alpha value is -3.88. The third kappa shape index (κ3) is 5.98. The first-order chi connectivity index (χ1) is 19.6. The summed E-state index contributed by atoms with van der Waals surface area (Å²) in [6, 6.07) is 27.5. The van der Waals surface area contributed by atoms with Crippen LogP contribution in [0.15, 0.2) is 89.5 Å². The third-order valence-electron chi connectivity index (χ3n) is 8.01. The molecule has 1 aromatic heterocycles. The summed E-state index contributed by atoms with van der Waals surface area (Å²) in [4.78, 5) is 24.9. The molecule has 3 aromatic carbocycles. The number of carbonyl (C=O) groups is 1. The summed E-state index contributed by atoms with van der Waals surface area (Å²) in [5.74, 6) is 0.873. The molecule has 1 amide bonds. The normalized spacial score (nSPS) is 18.8. The first kappa shape index (κ1) is 26.3. The van der Waals surface area contributed by atoms with Crippen molar-refractivity contribution < 1.29 is 13.7 Å². The monoisotopic (exact) mass is 539 g/mol. The molecule has 1 unspecified atom stereocenters. The SMILES string of the molecule is O=C(C1CCCN(Cc2nc(-c3ccc(F)cc3)no2)C1)N1CCN(C(c2ccccc2)c2ccccc2)CC1. The minimum Gasteiger partial charge on any atom is -0.340 e. The van der Waals surface area contributed by atoms with Gasteiger partial charge in [0.15, 0.2) is 0 Å². The molecule has 0 saturated carbocycles. The summed E-state index contributed by atoms with van der Waals surface area (Å²) in [5, 5.41) is 4.06. The van der Waals surface area contributed by atoms with Gasteiger partial charge < -0.3 is 9.42 Å². The summed E-state index contributed by atoms with van der Waals surface area (Å²) in [5.41, 5.74) is 3.27. The Labute approximate surface area is 234 Å². The Bertz CT molecular complexity index is 1350. The van der Waals surface area contributed by atoms with Crippen LogP contribution in [0, 0.1) is 11.7 Å². The average Bonchev–Trinajstić information content (AvgIpc) is 3.47. The predicted molar refractivity (Wildman–Crippen MR) is 151 cm³/mol. The first-order valence-corrected chi connectivity index (χ1v) is 14.1. The molecule has 2 aliphatic heterocycles. The molecule has 3 heterocycles. The molecule has 0 spiro atoms. The highest BCUT2D eigenvalue weighted by Crippen LogP contribution is 2.30. The van der Waals surface area contributed by atoms with E-state index in [4.69, 9.17) is 4.52 Å². The minimum absolute atomic E-state index is 0.0289. The van der Waals surface area contributed by atoms with Crippen molar-refractivity contribution in [3.05, 3.63) is 108 Å². The number of benzene rings is 3. The molecule has 2 fully saturated rings. The van der Waals surface area contributed by atoms with Crippen molar-refractivity contribution in [3.8, 4) is 11.4 Å². The van der Waals surface area contributed by atoms with Crippen molar-refractivity contribution in [1.29, 1.82) is 0 Å². The van der Waals surface area contributed by atoms with Gasteiger partial charge in [0.2, 0.25) is 17.6 Å². The quantitative estimate of drug-likeness (QED) is 0.329. The van der Waals surface area contributed by atoms with E-state index in [1.807, 2.05) is 0 Å². The van der Waals surface area contributed by atoms with E-state index >= 15 is 0 Å². The lowest BCUT2D eigenvalue weighted by Gasteiger charge is -2.41. The second-order valence-corrected chi connectivity index (χ2v) is 10.7. The van der Waals surface area contributed by atoms with E-state index in [1.165, 1.54) is 23.3 Å². The molecular formula is C32H34FN5O2. The molecular weight excluding hydrogens is 505 g/mol. The standard InChI is InChI=1S/C32H34FN5O2/c33-28-15-13-26(14-16-28)31-34-29(40-35-31)23-36-17-7-12-27(22-36)32(39)38-20-18-37(19-21-38)30(24-8-3-1-4-9-24)25-10-5-2-6-11-25/h1-6,8-11,13-16,27,30H,7,12,17-23H2. The Morgan fingerprint density at radius 1 is 0.875 bits per heavy atom. The molecule has 8 heteroatoms. The Balaban J connectivity index is 1.06. The molecule has 0 N–H and O–H groups in total. The van der Waals surface area contributed by atoms with Gasteiger partial charge >= 0.3 is 0 Å². The maximum Gasteiger partial charge on any atom is 0.241 e. The number of halogens is 1. The van der Waals surface area contributed by atoms with Crippen LogP contribution in [0.4, 0.5) is 4.39 Å². The number of piperidine rings is 1. The van der Waals surface area contributed by atoms with Crippen LogP contribution in [0.25, 0.3) is 11.4 Å². The second-order valence-electron chi connectivity index (χ2n) is 10.7. The van der Waals surface area contributed by atoms with Gasteiger partial charge in [0.1, 0.15) is 5.82 Å². The van der Waals surface area contributed by atoms with Crippen LogP contribution >= 0.6 is 0 Å². The van der Waals surface area contributed by atoms with Gasteiger partial charge in [-0.15, -0.1) is 0 Å². The summed E-state index contributed by atoms with van der Waals surface area (Å²) >= 11 is 0. The molecule has 2 aliphatic rings. The van der Waals surface area contributed by atoms with Crippen molar-refractivity contribution >= 4 is 5.91 Å². The smallest absolute Gasteiger partial charge is 0.241 e. The molecule has 0 bridgehead atoms. The van der Waals surface area contributed by atoms with Crippen molar-refractivity contribution in [3.63, 3.8) is 0 Å². The number of likely N-dealkylation sites (tertiary alicyclic amines) is 1. The fraction of sp³-hybridized carbons (Fsp3) is 0.344. The zero-order valence-corrected chi connectivity index (χ0v) is 22.5. The third-order valence-corrected chi connectivity index (χ3v) is 8.01. The van der Waals surface area contributed by atoms with Gasteiger partial charge in [-0.25, -0.2) is 4.39 Å². The molecule has 4 aromatic rings. The van der Waals surface area contributed by atoms with Gasteiger partial charge in [-0.3, -0.25) is 14.6 Å². The van der Waals surface area contributed by atoms with E-state index in [1.54, 1.807) is 12.1 Å². The predicted octanol–water partition coefficient (Wildman–Crippen LogP) is 5.02. The number of hydrogen-bond donors (Lipinski definition) is 0. The summed E-state index contributed by atoms with van der Waals surface area (Å²) in [6.07, 6.45) is 1.86. The lowest BCUT2D eigenvalue weighted by Crippen LogP contribution is -2.53. The van der Waals surface area contributed by atoms with Gasteiger partial charge in [0.05, 0.1) is 18.5 Å². The molecule has 206 valence electrons. The van der Waals surface area contributed by atoms with Crippen molar-refractivity contribution in [2.45, 2.75) is 25.4 Å². The first-order valence-electron chi connectivity index (χ1n) is 14.1. The average molecular weight is 540 g/mol. The number of rotatable bonds is 7. The van der Waals surface area contributed by atoms with Crippen LogP contribution in [-0.4, -0.2) is 70.0 Å². The number of carbonyl (C=O) groups excluding carboxylic acids is 1. The molecule has 7 nitrogen and oxygen atoms in total. The van der Waals surface area contributed by atoms with Crippen LogP contribution in [0.5, 0.6) is 0 Å². The zero-order chi connectivity index (χ0) is 27.3. The van der Waals surface area contributed by atoms with Crippen LogP contribution in [0.3, 0.4) is 0 Å². The van der Waals surface area contributed by atoms with Crippen molar-refractivity contribution in [2.24, 2.45) is 5.92 Å². The summed E-state index contributed by atoms with van der Waals surface area (Å²) in [7, 11) is 0. The van der Waals surface area contributed by atoms with E-state index < -0.39 is 0 Å². The number of piperazine rings is 1.